The van der Waals surface area contributed by atoms with E-state index in [1.807, 2.05) is 18.2 Å². The summed E-state index contributed by atoms with van der Waals surface area (Å²) in [5.41, 5.74) is 1.47. The number of aromatic nitrogens is 3. The molecule has 0 saturated heterocycles. The summed E-state index contributed by atoms with van der Waals surface area (Å²) in [6.45, 7) is 1.79. The number of ketones is 1. The van der Waals surface area contributed by atoms with E-state index in [9.17, 15) is 4.79 Å². The highest BCUT2D eigenvalue weighted by Crippen LogP contribution is 2.12. The van der Waals surface area contributed by atoms with Crippen molar-refractivity contribution in [2.75, 3.05) is 0 Å². The first-order valence-corrected chi connectivity index (χ1v) is 5.27. The van der Waals surface area contributed by atoms with Crippen molar-refractivity contribution in [1.29, 1.82) is 0 Å². The van der Waals surface area contributed by atoms with Crippen LogP contribution in [-0.2, 0) is 6.42 Å². The molecule has 0 aliphatic carbocycles. The molecule has 76 valence electrons. The summed E-state index contributed by atoms with van der Waals surface area (Å²) in [7, 11) is 0. The van der Waals surface area contributed by atoms with Crippen LogP contribution in [0.1, 0.15) is 21.1 Å². The largest absolute Gasteiger partial charge is 0.293 e. The van der Waals surface area contributed by atoms with Gasteiger partial charge in [0, 0.05) is 11.9 Å². The summed E-state index contributed by atoms with van der Waals surface area (Å²) >= 11 is 1.14. The fourth-order valence-electron chi connectivity index (χ4n) is 1.23. The van der Waals surface area contributed by atoms with Gasteiger partial charge in [-0.2, -0.15) is 0 Å². The maximum atomic E-state index is 11.8. The number of pyridine rings is 1. The van der Waals surface area contributed by atoms with Gasteiger partial charge < -0.3 is 0 Å². The van der Waals surface area contributed by atoms with E-state index in [2.05, 4.69) is 14.6 Å². The molecule has 0 fully saturated rings. The molecular weight excluding hydrogens is 210 g/mol. The van der Waals surface area contributed by atoms with E-state index < -0.39 is 0 Å². The van der Waals surface area contributed by atoms with Crippen LogP contribution in [0.2, 0.25) is 0 Å². The predicted molar refractivity (Wildman–Crippen MR) is 56.9 cm³/mol. The third-order valence-electron chi connectivity index (χ3n) is 1.97. The number of carbonyl (C=O) groups is 1. The fourth-order valence-corrected chi connectivity index (χ4v) is 1.83. The molecule has 0 radical (unpaired) electrons. The smallest absolute Gasteiger partial charge is 0.182 e. The van der Waals surface area contributed by atoms with Crippen molar-refractivity contribution in [2.45, 2.75) is 13.3 Å². The molecular formula is C10H9N3OS. The molecule has 0 unspecified atom stereocenters. The van der Waals surface area contributed by atoms with E-state index in [1.54, 1.807) is 13.1 Å². The zero-order valence-electron chi connectivity index (χ0n) is 8.17. The van der Waals surface area contributed by atoms with Crippen LogP contribution in [-0.4, -0.2) is 20.4 Å². The highest BCUT2D eigenvalue weighted by atomic mass is 32.1. The molecule has 0 aliphatic heterocycles. The summed E-state index contributed by atoms with van der Waals surface area (Å²) in [6.07, 6.45) is 1.99. The lowest BCUT2D eigenvalue weighted by Crippen LogP contribution is -2.04. The van der Waals surface area contributed by atoms with Crippen molar-refractivity contribution in [3.8, 4) is 0 Å². The maximum Gasteiger partial charge on any atom is 0.182 e. The van der Waals surface area contributed by atoms with Gasteiger partial charge in [-0.25, -0.2) is 0 Å². The van der Waals surface area contributed by atoms with Gasteiger partial charge in [0.15, 0.2) is 5.78 Å². The van der Waals surface area contributed by atoms with E-state index in [0.717, 1.165) is 17.2 Å². The zero-order valence-corrected chi connectivity index (χ0v) is 8.99. The van der Waals surface area contributed by atoms with Gasteiger partial charge in [-0.1, -0.05) is 10.6 Å². The second kappa shape index (κ2) is 4.27. The van der Waals surface area contributed by atoms with Crippen molar-refractivity contribution in [1.82, 2.24) is 14.6 Å². The van der Waals surface area contributed by atoms with Crippen molar-refractivity contribution >= 4 is 17.3 Å². The Balaban J connectivity index is 2.15. The minimum atomic E-state index is 0.0289. The second-order valence-corrected chi connectivity index (χ2v) is 3.86. The number of nitrogens with zero attached hydrogens (tertiary/aromatic N) is 3. The van der Waals surface area contributed by atoms with Gasteiger partial charge in [0.1, 0.15) is 4.88 Å². The highest BCUT2D eigenvalue weighted by Gasteiger charge is 2.13. The quantitative estimate of drug-likeness (QED) is 0.737. The van der Waals surface area contributed by atoms with Gasteiger partial charge >= 0.3 is 0 Å². The van der Waals surface area contributed by atoms with Gasteiger partial charge in [0.05, 0.1) is 12.1 Å². The molecule has 0 spiro atoms. The molecule has 0 aromatic carbocycles. The van der Waals surface area contributed by atoms with E-state index in [1.165, 1.54) is 0 Å². The van der Waals surface area contributed by atoms with Gasteiger partial charge in [-0.15, -0.1) is 5.10 Å². The minimum absolute atomic E-state index is 0.0289. The Labute approximate surface area is 91.2 Å². The predicted octanol–water partition coefficient (Wildman–Crippen LogP) is 1.67. The van der Waals surface area contributed by atoms with Crippen LogP contribution in [0.5, 0.6) is 0 Å². The number of Topliss-reactive ketones (excluding diaryl/α,β-unsaturated/α-hetero) is 1. The average Bonchev–Trinajstić information content (AvgIpc) is 2.66. The third-order valence-corrected chi connectivity index (χ3v) is 2.84. The van der Waals surface area contributed by atoms with Crippen molar-refractivity contribution in [3.63, 3.8) is 0 Å². The normalized spacial score (nSPS) is 10.2. The Morgan fingerprint density at radius 1 is 1.47 bits per heavy atom. The van der Waals surface area contributed by atoms with Crippen LogP contribution in [0, 0.1) is 6.92 Å². The molecule has 2 aromatic rings. The molecule has 2 aromatic heterocycles. The van der Waals surface area contributed by atoms with Crippen LogP contribution in [0.15, 0.2) is 24.4 Å². The molecule has 5 heteroatoms. The molecule has 4 nitrogen and oxygen atoms in total. The Kier molecular flexibility index (Phi) is 2.82. The number of carbonyl (C=O) groups excluding carboxylic acids is 1. The minimum Gasteiger partial charge on any atom is -0.293 e. The first-order valence-electron chi connectivity index (χ1n) is 4.49. The van der Waals surface area contributed by atoms with E-state index in [4.69, 9.17) is 0 Å². The van der Waals surface area contributed by atoms with Crippen molar-refractivity contribution in [2.24, 2.45) is 0 Å². The van der Waals surface area contributed by atoms with Crippen LogP contribution < -0.4 is 0 Å². The van der Waals surface area contributed by atoms with Gasteiger partial charge in [0.2, 0.25) is 0 Å². The summed E-state index contributed by atoms with van der Waals surface area (Å²) in [4.78, 5) is 16.5. The number of aryl methyl sites for hydroxylation is 1. The van der Waals surface area contributed by atoms with Crippen LogP contribution in [0.4, 0.5) is 0 Å². The van der Waals surface area contributed by atoms with E-state index >= 15 is 0 Å². The molecule has 0 amide bonds. The Morgan fingerprint density at radius 2 is 2.33 bits per heavy atom. The standard InChI is InChI=1S/C10H9N3OS/c1-7-10(15-13-12-7)9(14)6-8-4-2-3-5-11-8/h2-5H,6H2,1H3. The highest BCUT2D eigenvalue weighted by molar-refractivity contribution is 7.08. The maximum absolute atomic E-state index is 11.8. The van der Waals surface area contributed by atoms with Gasteiger partial charge in [-0.3, -0.25) is 9.78 Å². The first-order chi connectivity index (χ1) is 7.27. The van der Waals surface area contributed by atoms with Gasteiger partial charge in [-0.05, 0) is 30.6 Å². The summed E-state index contributed by atoms with van der Waals surface area (Å²) in [5, 5.41) is 3.81. The second-order valence-electron chi connectivity index (χ2n) is 3.11. The van der Waals surface area contributed by atoms with Crippen molar-refractivity contribution < 1.29 is 4.79 Å². The Bertz CT molecular complexity index is 467. The number of hydrogen-bond donors (Lipinski definition) is 0. The Morgan fingerprint density at radius 3 is 2.93 bits per heavy atom. The molecule has 2 heterocycles. The molecule has 0 atom stereocenters. The molecule has 0 N–H and O–H groups in total. The third kappa shape index (κ3) is 2.24. The zero-order chi connectivity index (χ0) is 10.7. The molecule has 0 bridgehead atoms. The summed E-state index contributed by atoms with van der Waals surface area (Å²) < 4.78 is 3.73. The lowest BCUT2D eigenvalue weighted by atomic mass is 10.1. The van der Waals surface area contributed by atoms with Crippen LogP contribution in [0.3, 0.4) is 0 Å². The fraction of sp³-hybridized carbons (Fsp3) is 0.200. The SMILES string of the molecule is Cc1nnsc1C(=O)Cc1ccccn1. The average molecular weight is 219 g/mol. The van der Waals surface area contributed by atoms with E-state index in [0.29, 0.717) is 17.0 Å². The molecule has 0 saturated carbocycles. The monoisotopic (exact) mass is 219 g/mol. The summed E-state index contributed by atoms with van der Waals surface area (Å²) in [5.74, 6) is 0.0289. The summed E-state index contributed by atoms with van der Waals surface area (Å²) in [6, 6.07) is 5.53. The molecule has 0 aliphatic rings. The van der Waals surface area contributed by atoms with E-state index in [-0.39, 0.29) is 5.78 Å². The van der Waals surface area contributed by atoms with Crippen molar-refractivity contribution in [3.05, 3.63) is 40.7 Å². The lowest BCUT2D eigenvalue weighted by Gasteiger charge is -1.97. The molecule has 15 heavy (non-hydrogen) atoms. The molecule has 2 rings (SSSR count). The van der Waals surface area contributed by atoms with Crippen LogP contribution in [0.25, 0.3) is 0 Å². The number of rotatable bonds is 3. The van der Waals surface area contributed by atoms with Crippen LogP contribution >= 0.6 is 11.5 Å². The lowest BCUT2D eigenvalue weighted by molar-refractivity contribution is 0.0995. The number of hydrogen-bond acceptors (Lipinski definition) is 5. The topological polar surface area (TPSA) is 55.7 Å². The first kappa shape index (κ1) is 9.92. The van der Waals surface area contributed by atoms with Gasteiger partial charge in [0.25, 0.3) is 0 Å². The Hall–Kier alpha value is -1.62.